The Hall–Kier alpha value is -2.10. The summed E-state index contributed by atoms with van der Waals surface area (Å²) in [6.07, 6.45) is 7.38. The molecule has 0 aromatic heterocycles. The number of nitrogens with zero attached hydrogens (tertiary/aromatic N) is 1. The van der Waals surface area contributed by atoms with E-state index in [1.54, 1.807) is 0 Å². The Morgan fingerprint density at radius 1 is 1.11 bits per heavy atom. The topological polar surface area (TPSA) is 49.4 Å². The number of nitrogens with one attached hydrogen (secondary N) is 1. The van der Waals surface area contributed by atoms with Crippen molar-refractivity contribution in [2.45, 2.75) is 58.9 Å². The van der Waals surface area contributed by atoms with Gasteiger partial charge in [-0.05, 0) is 42.2 Å². The van der Waals surface area contributed by atoms with Crippen LogP contribution >= 0.6 is 0 Å². The van der Waals surface area contributed by atoms with Crippen LogP contribution in [0.2, 0.25) is 0 Å². The molecule has 4 heteroatoms. The summed E-state index contributed by atoms with van der Waals surface area (Å²) in [5.41, 5.74) is 2.53. The van der Waals surface area contributed by atoms with Gasteiger partial charge in [-0.3, -0.25) is 9.59 Å². The molecule has 1 heterocycles. The lowest BCUT2D eigenvalue weighted by Crippen LogP contribution is -2.53. The van der Waals surface area contributed by atoms with E-state index in [9.17, 15) is 9.59 Å². The first-order valence-corrected chi connectivity index (χ1v) is 10.8. The lowest BCUT2D eigenvalue weighted by Gasteiger charge is -2.34. The van der Waals surface area contributed by atoms with Crippen molar-refractivity contribution in [3.8, 4) is 0 Å². The Balaban J connectivity index is 1.63. The summed E-state index contributed by atoms with van der Waals surface area (Å²) in [7, 11) is 0. The van der Waals surface area contributed by atoms with Crippen molar-refractivity contribution in [2.75, 3.05) is 13.1 Å². The minimum Gasteiger partial charge on any atom is -0.344 e. The summed E-state index contributed by atoms with van der Waals surface area (Å²) in [5.74, 6) is 0.651. The highest BCUT2D eigenvalue weighted by Crippen LogP contribution is 2.30. The molecule has 1 saturated carbocycles. The van der Waals surface area contributed by atoms with Crippen LogP contribution in [-0.2, 0) is 9.59 Å². The van der Waals surface area contributed by atoms with Gasteiger partial charge in [0.25, 0.3) is 0 Å². The second kappa shape index (κ2) is 9.40. The molecule has 0 saturated heterocycles. The molecule has 0 spiro atoms. The fraction of sp³-hybridized carbons (Fsp3) is 0.583. The van der Waals surface area contributed by atoms with E-state index in [4.69, 9.17) is 0 Å². The fourth-order valence-corrected chi connectivity index (χ4v) is 4.46. The van der Waals surface area contributed by atoms with Gasteiger partial charge in [0.05, 0.1) is 0 Å². The monoisotopic (exact) mass is 382 g/mol. The van der Waals surface area contributed by atoms with Crippen LogP contribution in [0.1, 0.15) is 58.4 Å². The lowest BCUT2D eigenvalue weighted by atomic mass is 9.79. The van der Waals surface area contributed by atoms with Crippen LogP contribution in [0.5, 0.6) is 0 Å². The molecular formula is C24H34N2O2. The number of rotatable bonds is 5. The van der Waals surface area contributed by atoms with Crippen LogP contribution in [0.3, 0.4) is 0 Å². The molecule has 1 fully saturated rings. The summed E-state index contributed by atoms with van der Waals surface area (Å²) in [6, 6.07) is 9.91. The standard InChI is InChI=1S/C24H34N2O2/c1-17(2)22(25-23(27)21-12-8-7-9-18(21)3)24(28)26-15-13-20(14-16-26)19-10-5-4-6-11-19/h4-6,10-11,13,17-18,21-22H,7-9,12,14-16H2,1-3H3,(H,25,27). The van der Waals surface area contributed by atoms with Crippen molar-refractivity contribution in [2.24, 2.45) is 17.8 Å². The van der Waals surface area contributed by atoms with Crippen molar-refractivity contribution in [3.05, 3.63) is 42.0 Å². The van der Waals surface area contributed by atoms with Gasteiger partial charge in [0.1, 0.15) is 6.04 Å². The normalized spacial score (nSPS) is 23.9. The van der Waals surface area contributed by atoms with Crippen LogP contribution in [0, 0.1) is 17.8 Å². The van der Waals surface area contributed by atoms with Crippen molar-refractivity contribution in [3.63, 3.8) is 0 Å². The molecule has 1 N–H and O–H groups in total. The van der Waals surface area contributed by atoms with E-state index in [2.05, 4.69) is 30.4 Å². The first-order valence-electron chi connectivity index (χ1n) is 10.8. The SMILES string of the molecule is CC(C)C(NC(=O)C1CCCCC1C)C(=O)N1CC=C(c2ccccc2)CC1. The average Bonchev–Trinajstić information content (AvgIpc) is 2.72. The number of carbonyl (C=O) groups excluding carboxylic acids is 2. The Morgan fingerprint density at radius 3 is 2.43 bits per heavy atom. The van der Waals surface area contributed by atoms with E-state index >= 15 is 0 Å². The first kappa shape index (κ1) is 20.6. The second-order valence-corrected chi connectivity index (χ2v) is 8.73. The average molecular weight is 383 g/mol. The van der Waals surface area contributed by atoms with Crippen LogP contribution in [0.25, 0.3) is 5.57 Å². The lowest BCUT2D eigenvalue weighted by molar-refractivity contribution is -0.139. The Kier molecular flexibility index (Phi) is 6.93. The van der Waals surface area contributed by atoms with Crippen molar-refractivity contribution >= 4 is 17.4 Å². The molecule has 28 heavy (non-hydrogen) atoms. The number of benzene rings is 1. The van der Waals surface area contributed by atoms with Gasteiger partial charge in [0.2, 0.25) is 11.8 Å². The van der Waals surface area contributed by atoms with Gasteiger partial charge < -0.3 is 10.2 Å². The number of hydrogen-bond acceptors (Lipinski definition) is 2. The molecule has 1 aromatic rings. The quantitative estimate of drug-likeness (QED) is 0.827. The molecular weight excluding hydrogens is 348 g/mol. The van der Waals surface area contributed by atoms with E-state index in [0.717, 1.165) is 25.7 Å². The summed E-state index contributed by atoms with van der Waals surface area (Å²) in [6.45, 7) is 7.52. The maximum atomic E-state index is 13.2. The molecule has 1 aromatic carbocycles. The number of hydrogen-bond donors (Lipinski definition) is 1. The fourth-order valence-electron chi connectivity index (χ4n) is 4.46. The smallest absolute Gasteiger partial charge is 0.245 e. The minimum absolute atomic E-state index is 0.0498. The first-order chi connectivity index (χ1) is 13.5. The molecule has 3 unspecified atom stereocenters. The summed E-state index contributed by atoms with van der Waals surface area (Å²) >= 11 is 0. The van der Waals surface area contributed by atoms with Gasteiger partial charge >= 0.3 is 0 Å². The third-order valence-electron chi connectivity index (χ3n) is 6.34. The third-order valence-corrected chi connectivity index (χ3v) is 6.34. The highest BCUT2D eigenvalue weighted by Gasteiger charge is 2.34. The molecule has 2 amide bonds. The van der Waals surface area contributed by atoms with Gasteiger partial charge in [0, 0.05) is 19.0 Å². The highest BCUT2D eigenvalue weighted by atomic mass is 16.2. The van der Waals surface area contributed by atoms with Crippen LogP contribution in [0.15, 0.2) is 36.4 Å². The molecule has 0 radical (unpaired) electrons. The largest absolute Gasteiger partial charge is 0.344 e. The van der Waals surface area contributed by atoms with Crippen molar-refractivity contribution in [1.82, 2.24) is 10.2 Å². The maximum absolute atomic E-state index is 13.2. The second-order valence-electron chi connectivity index (χ2n) is 8.73. The highest BCUT2D eigenvalue weighted by molar-refractivity contribution is 5.89. The molecule has 2 aliphatic rings. The molecule has 152 valence electrons. The summed E-state index contributed by atoms with van der Waals surface area (Å²) in [5, 5.41) is 3.11. The zero-order chi connectivity index (χ0) is 20.1. The molecule has 3 atom stereocenters. The molecule has 0 bridgehead atoms. The van der Waals surface area contributed by atoms with E-state index in [1.165, 1.54) is 17.6 Å². The van der Waals surface area contributed by atoms with Gasteiger partial charge in [0.15, 0.2) is 0 Å². The number of carbonyl (C=O) groups is 2. The zero-order valence-electron chi connectivity index (χ0n) is 17.5. The minimum atomic E-state index is -0.437. The Bertz CT molecular complexity index is 711. The molecule has 3 rings (SSSR count). The Morgan fingerprint density at radius 2 is 1.82 bits per heavy atom. The predicted octanol–water partition coefficient (Wildman–Crippen LogP) is 4.27. The number of amides is 2. The zero-order valence-corrected chi connectivity index (χ0v) is 17.5. The van der Waals surface area contributed by atoms with E-state index in [1.807, 2.05) is 36.9 Å². The van der Waals surface area contributed by atoms with E-state index in [-0.39, 0.29) is 23.7 Å². The van der Waals surface area contributed by atoms with E-state index < -0.39 is 6.04 Å². The van der Waals surface area contributed by atoms with Crippen molar-refractivity contribution < 1.29 is 9.59 Å². The molecule has 4 nitrogen and oxygen atoms in total. The van der Waals surface area contributed by atoms with E-state index in [0.29, 0.717) is 19.0 Å². The van der Waals surface area contributed by atoms with Crippen LogP contribution in [0.4, 0.5) is 0 Å². The summed E-state index contributed by atoms with van der Waals surface area (Å²) in [4.78, 5) is 27.9. The van der Waals surface area contributed by atoms with Crippen molar-refractivity contribution in [1.29, 1.82) is 0 Å². The summed E-state index contributed by atoms with van der Waals surface area (Å²) < 4.78 is 0. The maximum Gasteiger partial charge on any atom is 0.245 e. The third kappa shape index (κ3) is 4.84. The Labute approximate surface area is 169 Å². The predicted molar refractivity (Wildman–Crippen MR) is 114 cm³/mol. The van der Waals surface area contributed by atoms with Gasteiger partial charge in [-0.1, -0.05) is 70.0 Å². The molecule has 1 aliphatic heterocycles. The molecule has 1 aliphatic carbocycles. The van der Waals surface area contributed by atoms with Gasteiger partial charge in [-0.2, -0.15) is 0 Å². The van der Waals surface area contributed by atoms with Gasteiger partial charge in [-0.25, -0.2) is 0 Å². The van der Waals surface area contributed by atoms with Crippen LogP contribution in [-0.4, -0.2) is 35.8 Å². The van der Waals surface area contributed by atoms with Crippen LogP contribution < -0.4 is 5.32 Å². The van der Waals surface area contributed by atoms with Gasteiger partial charge in [-0.15, -0.1) is 0 Å².